The van der Waals surface area contributed by atoms with Crippen molar-refractivity contribution < 1.29 is 27.5 Å². The Morgan fingerprint density at radius 1 is 0.629 bits per heavy atom. The van der Waals surface area contributed by atoms with E-state index in [1.54, 1.807) is 0 Å². The number of hydrogen-bond donors (Lipinski definition) is 1. The molecule has 0 aliphatic carbocycles. The van der Waals surface area contributed by atoms with Crippen molar-refractivity contribution in [1.82, 2.24) is 14.5 Å². The van der Waals surface area contributed by atoms with Gasteiger partial charge < -0.3 is 5.11 Å². The SMILES string of the molecule is [2H]C(C)(C)c1ccc(-n2c(-c3cc(C(C)(C)C)cc(C)c3O)nc3c(-c4[c-]c(-c5cc(-c6ccc(C)cc6)ccn5)cc(-c5ccccc5)c4)cccc32)c(-c2ccccc2)c1.[Pt]. The molecule has 5 heteroatoms. The average molecular weight is 989 g/mol. The van der Waals surface area contributed by atoms with Crippen LogP contribution in [0.2, 0.25) is 0 Å². The molecule has 0 aliphatic heterocycles. The minimum Gasteiger partial charge on any atom is -0.507 e. The fourth-order valence-electron chi connectivity index (χ4n) is 8.17. The van der Waals surface area contributed by atoms with Crippen molar-refractivity contribution in [2.24, 2.45) is 0 Å². The van der Waals surface area contributed by atoms with Crippen LogP contribution in [-0.2, 0) is 26.5 Å². The number of pyridine rings is 1. The Kier molecular flexibility index (Phi) is 11.4. The zero-order chi connectivity index (χ0) is 43.3. The van der Waals surface area contributed by atoms with E-state index in [-0.39, 0.29) is 32.2 Å². The Balaban J connectivity index is 0.00000544. The third kappa shape index (κ3) is 8.20. The zero-order valence-electron chi connectivity index (χ0n) is 37.2. The van der Waals surface area contributed by atoms with E-state index in [4.69, 9.17) is 11.3 Å². The molecule has 0 radical (unpaired) electrons. The monoisotopic (exact) mass is 988 g/mol. The summed E-state index contributed by atoms with van der Waals surface area (Å²) in [7, 11) is 0. The number of imidazole rings is 1. The summed E-state index contributed by atoms with van der Waals surface area (Å²) in [4.78, 5) is 10.5. The Hall–Kier alpha value is -6.35. The average Bonchev–Trinajstić information content (AvgIpc) is 3.66. The maximum absolute atomic E-state index is 12.0. The first kappa shape index (κ1) is 41.0. The number of aromatic hydroxyl groups is 1. The van der Waals surface area contributed by atoms with Crippen molar-refractivity contribution in [1.29, 1.82) is 0 Å². The molecule has 0 saturated carbocycles. The van der Waals surface area contributed by atoms with Crippen LogP contribution in [0.4, 0.5) is 0 Å². The fourth-order valence-corrected chi connectivity index (χ4v) is 8.17. The predicted octanol–water partition coefficient (Wildman–Crippen LogP) is 15.0. The first-order valence-electron chi connectivity index (χ1n) is 21.5. The molecule has 2 aromatic heterocycles. The van der Waals surface area contributed by atoms with Crippen molar-refractivity contribution >= 4 is 11.0 Å². The number of fused-ring (bicyclic) bond motifs is 1. The number of aromatic nitrogens is 3. The molecular formula is C57H50N3OPt-. The van der Waals surface area contributed by atoms with Gasteiger partial charge in [0.15, 0.2) is 0 Å². The van der Waals surface area contributed by atoms with Gasteiger partial charge in [-0.3, -0.25) is 9.55 Å². The minimum absolute atomic E-state index is 0. The van der Waals surface area contributed by atoms with E-state index in [9.17, 15) is 5.11 Å². The van der Waals surface area contributed by atoms with Crippen LogP contribution in [0.25, 0.3) is 83.9 Å². The fraction of sp³-hybridized carbons (Fsp3) is 0.158. The van der Waals surface area contributed by atoms with Crippen LogP contribution in [-0.4, -0.2) is 19.6 Å². The largest absolute Gasteiger partial charge is 0.507 e. The Bertz CT molecular complexity index is 3110. The second-order valence-corrected chi connectivity index (χ2v) is 17.3. The minimum atomic E-state index is -0.822. The van der Waals surface area contributed by atoms with E-state index in [0.717, 1.165) is 89.2 Å². The first-order chi connectivity index (χ1) is 29.7. The molecule has 2 heterocycles. The van der Waals surface area contributed by atoms with Crippen LogP contribution in [0.3, 0.4) is 0 Å². The van der Waals surface area contributed by atoms with Crippen molar-refractivity contribution in [3.05, 3.63) is 192 Å². The number of rotatable bonds is 8. The van der Waals surface area contributed by atoms with Crippen molar-refractivity contribution in [2.75, 3.05) is 0 Å². The number of phenolic OH excluding ortho intramolecular Hbond substituents is 1. The molecule has 9 rings (SSSR count). The number of benzene rings is 7. The third-order valence-electron chi connectivity index (χ3n) is 11.7. The summed E-state index contributed by atoms with van der Waals surface area (Å²) in [6, 6.07) is 58.5. The molecule has 310 valence electrons. The molecule has 62 heavy (non-hydrogen) atoms. The number of nitrogens with zero attached hydrogens (tertiary/aromatic N) is 3. The van der Waals surface area contributed by atoms with Crippen LogP contribution >= 0.6 is 0 Å². The number of phenols is 1. The van der Waals surface area contributed by atoms with Crippen molar-refractivity contribution in [2.45, 2.75) is 59.8 Å². The summed E-state index contributed by atoms with van der Waals surface area (Å²) in [5.74, 6) is -0.000953. The van der Waals surface area contributed by atoms with E-state index < -0.39 is 5.89 Å². The molecule has 0 atom stereocenters. The van der Waals surface area contributed by atoms with Gasteiger partial charge >= 0.3 is 0 Å². The van der Waals surface area contributed by atoms with Gasteiger partial charge in [0.2, 0.25) is 0 Å². The molecule has 0 unspecified atom stereocenters. The van der Waals surface area contributed by atoms with Gasteiger partial charge in [-0.15, -0.1) is 23.8 Å². The molecule has 1 N–H and O–H groups in total. The van der Waals surface area contributed by atoms with Crippen LogP contribution in [0.15, 0.2) is 164 Å². The van der Waals surface area contributed by atoms with E-state index in [0.29, 0.717) is 11.4 Å². The summed E-state index contributed by atoms with van der Waals surface area (Å²) in [6.07, 6.45) is 1.87. The number of para-hydroxylation sites is 1. The van der Waals surface area contributed by atoms with Gasteiger partial charge in [-0.05, 0) is 94.4 Å². The van der Waals surface area contributed by atoms with Crippen molar-refractivity contribution in [3.8, 4) is 78.6 Å². The van der Waals surface area contributed by atoms with Gasteiger partial charge in [0.1, 0.15) is 11.6 Å². The quantitative estimate of drug-likeness (QED) is 0.154. The molecule has 0 bridgehead atoms. The molecule has 0 amide bonds. The molecule has 0 aliphatic rings. The van der Waals surface area contributed by atoms with Gasteiger partial charge in [0.25, 0.3) is 0 Å². The normalized spacial score (nSPS) is 12.0. The molecule has 7 aromatic carbocycles. The third-order valence-corrected chi connectivity index (χ3v) is 11.7. The predicted molar refractivity (Wildman–Crippen MR) is 254 cm³/mol. The molecule has 4 nitrogen and oxygen atoms in total. The number of hydrogen-bond acceptors (Lipinski definition) is 3. The second-order valence-electron chi connectivity index (χ2n) is 17.3. The number of aryl methyl sites for hydroxylation is 2. The molecule has 0 saturated heterocycles. The maximum Gasteiger partial charge on any atom is 0.148 e. The van der Waals surface area contributed by atoms with Crippen molar-refractivity contribution in [3.63, 3.8) is 0 Å². The van der Waals surface area contributed by atoms with E-state index in [1.165, 1.54) is 5.56 Å². The standard InChI is InChI=1S/C57H50N3O.Pt/c1-36(2)42-25-26-52(49(33-42)41-17-12-9-13-18-41)60-53-20-14-19-48(54(53)59-56(60)50-35-47(57(5,6)7)29-38(4)55(50)61)45-30-44(39-15-10-8-11-16-39)31-46(32-45)51-34-43(27-28-58-51)40-23-21-37(3)22-24-40;/h8-31,33-36,61H,1-7H3;/q-1;/i36D;. The van der Waals surface area contributed by atoms with Gasteiger partial charge in [0, 0.05) is 39.9 Å². The first-order valence-corrected chi connectivity index (χ1v) is 21.0. The van der Waals surface area contributed by atoms with Crippen LogP contribution in [0.5, 0.6) is 5.75 Å². The van der Waals surface area contributed by atoms with Crippen LogP contribution < -0.4 is 0 Å². The summed E-state index contributed by atoms with van der Waals surface area (Å²) in [5.41, 5.74) is 16.9. The van der Waals surface area contributed by atoms with Gasteiger partial charge in [-0.2, -0.15) is 0 Å². The van der Waals surface area contributed by atoms with Crippen LogP contribution in [0.1, 0.15) is 64.1 Å². The molecule has 9 aromatic rings. The topological polar surface area (TPSA) is 50.9 Å². The Morgan fingerprint density at radius 2 is 1.31 bits per heavy atom. The van der Waals surface area contributed by atoms with Crippen LogP contribution in [0, 0.1) is 19.9 Å². The zero-order valence-corrected chi connectivity index (χ0v) is 38.5. The van der Waals surface area contributed by atoms with Gasteiger partial charge in [0.05, 0.1) is 22.3 Å². The van der Waals surface area contributed by atoms with E-state index in [2.05, 4.69) is 166 Å². The second kappa shape index (κ2) is 17.2. The Morgan fingerprint density at radius 3 is 2.00 bits per heavy atom. The van der Waals surface area contributed by atoms with E-state index in [1.807, 2.05) is 57.3 Å². The molecule has 0 fully saturated rings. The Labute approximate surface area is 381 Å². The summed E-state index contributed by atoms with van der Waals surface area (Å²) >= 11 is 0. The summed E-state index contributed by atoms with van der Waals surface area (Å²) in [6.45, 7) is 14.5. The summed E-state index contributed by atoms with van der Waals surface area (Å²) < 4.78 is 11.2. The maximum atomic E-state index is 12.0. The van der Waals surface area contributed by atoms with Gasteiger partial charge in [-0.1, -0.05) is 172 Å². The molecular weight excluding hydrogens is 938 g/mol. The van der Waals surface area contributed by atoms with E-state index >= 15 is 0 Å². The molecule has 0 spiro atoms. The smallest absolute Gasteiger partial charge is 0.148 e. The van der Waals surface area contributed by atoms with Gasteiger partial charge in [-0.25, -0.2) is 4.98 Å². The summed E-state index contributed by atoms with van der Waals surface area (Å²) in [5, 5.41) is 12.0.